The highest BCUT2D eigenvalue weighted by atomic mass is 32.2. The molecule has 0 radical (unpaired) electrons. The van der Waals surface area contributed by atoms with Crippen LogP contribution >= 0.6 is 11.8 Å². The molecule has 0 saturated carbocycles. The summed E-state index contributed by atoms with van der Waals surface area (Å²) in [4.78, 5) is 24.1. The highest BCUT2D eigenvalue weighted by molar-refractivity contribution is 7.99. The SMILES string of the molecule is C[C@@H](OC(=O)[C@H]1CCCO1)C(=O)Nc1ccc(SC(F)F)cc1. The third-order valence-electron chi connectivity index (χ3n) is 3.20. The number of hydrogen-bond donors (Lipinski definition) is 1. The van der Waals surface area contributed by atoms with Crippen molar-refractivity contribution in [2.75, 3.05) is 11.9 Å². The molecule has 5 nitrogen and oxygen atoms in total. The number of thioether (sulfide) groups is 1. The second kappa shape index (κ2) is 8.26. The summed E-state index contributed by atoms with van der Waals surface area (Å²) < 4.78 is 34.7. The fraction of sp³-hybridized carbons (Fsp3) is 0.467. The van der Waals surface area contributed by atoms with E-state index in [1.807, 2.05) is 0 Å². The Bertz CT molecular complexity index is 547. The van der Waals surface area contributed by atoms with Crippen LogP contribution in [-0.2, 0) is 19.1 Å². The number of ether oxygens (including phenoxy) is 2. The van der Waals surface area contributed by atoms with Crippen LogP contribution in [0.25, 0.3) is 0 Å². The van der Waals surface area contributed by atoms with Crippen LogP contribution in [0, 0.1) is 0 Å². The summed E-state index contributed by atoms with van der Waals surface area (Å²) in [6.45, 7) is 1.98. The van der Waals surface area contributed by atoms with E-state index in [0.717, 1.165) is 6.42 Å². The predicted octanol–water partition coefficient (Wildman–Crippen LogP) is 3.05. The number of carbonyl (C=O) groups is 2. The number of hydrogen-bond acceptors (Lipinski definition) is 5. The summed E-state index contributed by atoms with van der Waals surface area (Å²) in [5.74, 6) is -3.54. The molecule has 8 heteroatoms. The monoisotopic (exact) mass is 345 g/mol. The van der Waals surface area contributed by atoms with E-state index in [0.29, 0.717) is 35.4 Å². The van der Waals surface area contributed by atoms with Crippen molar-refractivity contribution in [2.24, 2.45) is 0 Å². The van der Waals surface area contributed by atoms with Gasteiger partial charge >= 0.3 is 5.97 Å². The van der Waals surface area contributed by atoms with Gasteiger partial charge in [0.15, 0.2) is 12.2 Å². The Kier molecular flexibility index (Phi) is 6.35. The van der Waals surface area contributed by atoms with Crippen molar-refractivity contribution in [3.8, 4) is 0 Å². The highest BCUT2D eigenvalue weighted by Gasteiger charge is 2.28. The first-order valence-electron chi connectivity index (χ1n) is 7.13. The Morgan fingerprint density at radius 1 is 1.35 bits per heavy atom. The van der Waals surface area contributed by atoms with Gasteiger partial charge in [-0.25, -0.2) is 4.79 Å². The molecule has 0 aromatic heterocycles. The molecule has 1 N–H and O–H groups in total. The molecular weight excluding hydrogens is 328 g/mol. The average molecular weight is 345 g/mol. The minimum absolute atomic E-state index is 0.399. The summed E-state index contributed by atoms with van der Waals surface area (Å²) in [5, 5.41) is 2.56. The Balaban J connectivity index is 1.84. The second-order valence-electron chi connectivity index (χ2n) is 4.97. The molecule has 1 amide bonds. The molecular formula is C15H17F2NO4S. The first-order chi connectivity index (χ1) is 11.0. The fourth-order valence-corrected chi connectivity index (χ4v) is 2.53. The minimum atomic E-state index is -2.49. The van der Waals surface area contributed by atoms with Gasteiger partial charge < -0.3 is 14.8 Å². The molecule has 1 heterocycles. The summed E-state index contributed by atoms with van der Waals surface area (Å²) in [6.07, 6.45) is -0.183. The zero-order valence-electron chi connectivity index (χ0n) is 12.5. The number of amides is 1. The van der Waals surface area contributed by atoms with Crippen LogP contribution in [0.5, 0.6) is 0 Å². The first-order valence-corrected chi connectivity index (χ1v) is 8.01. The van der Waals surface area contributed by atoms with Crippen LogP contribution in [0.2, 0.25) is 0 Å². The molecule has 1 aliphatic heterocycles. The van der Waals surface area contributed by atoms with E-state index < -0.39 is 29.8 Å². The number of carbonyl (C=O) groups excluding carboxylic acids is 2. The summed E-state index contributed by atoms with van der Waals surface area (Å²) in [6, 6.07) is 5.99. The van der Waals surface area contributed by atoms with Crippen molar-refractivity contribution in [3.63, 3.8) is 0 Å². The third-order valence-corrected chi connectivity index (χ3v) is 3.92. The predicted molar refractivity (Wildman–Crippen MR) is 81.5 cm³/mol. The van der Waals surface area contributed by atoms with Crippen molar-refractivity contribution in [1.29, 1.82) is 0 Å². The maximum atomic E-state index is 12.2. The lowest BCUT2D eigenvalue weighted by molar-refractivity contribution is -0.162. The van der Waals surface area contributed by atoms with Gasteiger partial charge in [0, 0.05) is 17.2 Å². The van der Waals surface area contributed by atoms with Crippen LogP contribution in [-0.4, -0.2) is 36.4 Å². The smallest absolute Gasteiger partial charge is 0.336 e. The van der Waals surface area contributed by atoms with Crippen LogP contribution in [0.4, 0.5) is 14.5 Å². The topological polar surface area (TPSA) is 64.6 Å². The summed E-state index contributed by atoms with van der Waals surface area (Å²) >= 11 is 0.426. The minimum Gasteiger partial charge on any atom is -0.451 e. The van der Waals surface area contributed by atoms with Crippen molar-refractivity contribution in [2.45, 2.75) is 42.6 Å². The molecule has 1 fully saturated rings. The molecule has 1 aliphatic rings. The van der Waals surface area contributed by atoms with E-state index in [2.05, 4.69) is 5.32 Å². The van der Waals surface area contributed by atoms with E-state index in [1.165, 1.54) is 31.2 Å². The molecule has 0 bridgehead atoms. The molecule has 0 aliphatic carbocycles. The van der Waals surface area contributed by atoms with Gasteiger partial charge in [-0.1, -0.05) is 11.8 Å². The standard InChI is InChI=1S/C15H17F2NO4S/c1-9(22-14(20)12-3-2-8-21-12)13(19)18-10-4-6-11(7-5-10)23-15(16)17/h4-7,9,12,15H,2-3,8H2,1H3,(H,18,19)/t9-,12-/m1/s1. The van der Waals surface area contributed by atoms with Crippen LogP contribution in [0.3, 0.4) is 0 Å². The van der Waals surface area contributed by atoms with Gasteiger partial charge in [-0.15, -0.1) is 0 Å². The van der Waals surface area contributed by atoms with Crippen molar-refractivity contribution in [3.05, 3.63) is 24.3 Å². The fourth-order valence-electron chi connectivity index (χ4n) is 2.03. The molecule has 23 heavy (non-hydrogen) atoms. The summed E-state index contributed by atoms with van der Waals surface area (Å²) in [7, 11) is 0. The highest BCUT2D eigenvalue weighted by Crippen LogP contribution is 2.26. The Morgan fingerprint density at radius 3 is 2.61 bits per heavy atom. The Hall–Kier alpha value is -1.67. The lowest BCUT2D eigenvalue weighted by atomic mass is 10.2. The van der Waals surface area contributed by atoms with Crippen LogP contribution in [0.15, 0.2) is 29.2 Å². The van der Waals surface area contributed by atoms with Gasteiger partial charge in [0.05, 0.1) is 0 Å². The number of esters is 1. The molecule has 126 valence electrons. The molecule has 0 unspecified atom stereocenters. The van der Waals surface area contributed by atoms with Gasteiger partial charge in [-0.3, -0.25) is 4.79 Å². The van der Waals surface area contributed by atoms with Gasteiger partial charge in [-0.05, 0) is 44.0 Å². The molecule has 1 aromatic carbocycles. The van der Waals surface area contributed by atoms with Crippen LogP contribution in [0.1, 0.15) is 19.8 Å². The summed E-state index contributed by atoms with van der Waals surface area (Å²) in [5.41, 5.74) is 0.439. The quantitative estimate of drug-likeness (QED) is 0.634. The third kappa shape index (κ3) is 5.47. The zero-order valence-corrected chi connectivity index (χ0v) is 13.3. The number of rotatable bonds is 6. The lowest BCUT2D eigenvalue weighted by Crippen LogP contribution is -2.33. The molecule has 2 rings (SSSR count). The van der Waals surface area contributed by atoms with E-state index in [1.54, 1.807) is 0 Å². The van der Waals surface area contributed by atoms with E-state index in [9.17, 15) is 18.4 Å². The van der Waals surface area contributed by atoms with Gasteiger partial charge in [0.1, 0.15) is 0 Å². The van der Waals surface area contributed by atoms with E-state index in [-0.39, 0.29) is 0 Å². The molecule has 2 atom stereocenters. The number of benzene rings is 1. The maximum absolute atomic E-state index is 12.2. The number of nitrogens with one attached hydrogen (secondary N) is 1. The van der Waals surface area contributed by atoms with Crippen molar-refractivity contribution < 1.29 is 27.8 Å². The normalized spacial score (nSPS) is 18.7. The van der Waals surface area contributed by atoms with Gasteiger partial charge in [-0.2, -0.15) is 8.78 Å². The lowest BCUT2D eigenvalue weighted by Gasteiger charge is -2.16. The first kappa shape index (κ1) is 17.7. The molecule has 1 aromatic rings. The molecule has 0 spiro atoms. The second-order valence-corrected chi connectivity index (χ2v) is 6.04. The molecule has 1 saturated heterocycles. The zero-order chi connectivity index (χ0) is 16.8. The van der Waals surface area contributed by atoms with Gasteiger partial charge in [0.2, 0.25) is 0 Å². The Morgan fingerprint density at radius 2 is 2.04 bits per heavy atom. The maximum Gasteiger partial charge on any atom is 0.336 e. The Labute approximate surface area is 136 Å². The van der Waals surface area contributed by atoms with Crippen molar-refractivity contribution in [1.82, 2.24) is 0 Å². The van der Waals surface area contributed by atoms with Gasteiger partial charge in [0.25, 0.3) is 11.7 Å². The van der Waals surface area contributed by atoms with E-state index in [4.69, 9.17) is 9.47 Å². The number of halogens is 2. The van der Waals surface area contributed by atoms with Crippen molar-refractivity contribution >= 4 is 29.3 Å². The van der Waals surface area contributed by atoms with Crippen LogP contribution < -0.4 is 5.32 Å². The average Bonchev–Trinajstić information content (AvgIpc) is 3.03. The largest absolute Gasteiger partial charge is 0.451 e. The number of anilines is 1. The number of alkyl halides is 2. The van der Waals surface area contributed by atoms with E-state index >= 15 is 0 Å².